The van der Waals surface area contributed by atoms with Gasteiger partial charge in [-0.3, -0.25) is 0 Å². The molecule has 126 valence electrons. The summed E-state index contributed by atoms with van der Waals surface area (Å²) in [6, 6.07) is 7.12. The van der Waals surface area contributed by atoms with Crippen molar-refractivity contribution in [1.82, 2.24) is 9.62 Å². The van der Waals surface area contributed by atoms with Gasteiger partial charge in [0, 0.05) is 31.3 Å². The lowest BCUT2D eigenvalue weighted by atomic mass is 10.1. The second kappa shape index (κ2) is 9.05. The van der Waals surface area contributed by atoms with Crippen LogP contribution in [0.1, 0.15) is 18.5 Å². The second-order valence-electron chi connectivity index (χ2n) is 4.87. The molecule has 1 atom stereocenters. The molecule has 1 heterocycles. The van der Waals surface area contributed by atoms with Gasteiger partial charge in [-0.05, 0) is 18.6 Å². The van der Waals surface area contributed by atoms with Crippen LogP contribution in [0.2, 0.25) is 5.02 Å². The summed E-state index contributed by atoms with van der Waals surface area (Å²) in [6.07, 6.45) is 0. The van der Waals surface area contributed by atoms with Crippen molar-refractivity contribution in [2.75, 3.05) is 38.6 Å². The Morgan fingerprint density at radius 1 is 1.41 bits per heavy atom. The molecule has 0 radical (unpaired) electrons. The number of hydrogen-bond donors (Lipinski definition) is 1. The molecule has 0 aromatic heterocycles. The molecule has 1 aromatic rings. The van der Waals surface area contributed by atoms with Crippen molar-refractivity contribution >= 4 is 34.0 Å². The number of benzene rings is 1. The molecule has 1 saturated heterocycles. The van der Waals surface area contributed by atoms with E-state index in [1.54, 1.807) is 10.4 Å². The van der Waals surface area contributed by atoms with Gasteiger partial charge in [0.25, 0.3) is 0 Å². The normalized spacial score (nSPS) is 19.6. The fourth-order valence-electron chi connectivity index (χ4n) is 2.45. The van der Waals surface area contributed by atoms with Crippen molar-refractivity contribution in [3.8, 4) is 0 Å². The lowest BCUT2D eigenvalue weighted by Crippen LogP contribution is -2.49. The van der Waals surface area contributed by atoms with Crippen LogP contribution in [0.15, 0.2) is 24.3 Å². The minimum atomic E-state index is -3.36. The first-order valence-corrected chi connectivity index (χ1v) is 9.07. The van der Waals surface area contributed by atoms with Crippen molar-refractivity contribution in [3.63, 3.8) is 0 Å². The predicted octanol–water partition coefficient (Wildman–Crippen LogP) is 2.07. The van der Waals surface area contributed by atoms with Crippen LogP contribution in [0.25, 0.3) is 0 Å². The summed E-state index contributed by atoms with van der Waals surface area (Å²) in [5, 5.41) is 3.83. The number of rotatable bonds is 6. The van der Waals surface area contributed by atoms with Gasteiger partial charge in [-0.1, -0.05) is 29.8 Å². The van der Waals surface area contributed by atoms with E-state index in [2.05, 4.69) is 5.32 Å². The van der Waals surface area contributed by atoms with Crippen LogP contribution in [-0.4, -0.2) is 51.3 Å². The SMILES string of the molecule is CCOCCS(=O)(=O)N1CCNCC1c1ccccc1Cl.Cl. The molecule has 2 rings (SSSR count). The summed E-state index contributed by atoms with van der Waals surface area (Å²) >= 11 is 6.23. The predicted molar refractivity (Wildman–Crippen MR) is 91.3 cm³/mol. The minimum Gasteiger partial charge on any atom is -0.381 e. The highest BCUT2D eigenvalue weighted by molar-refractivity contribution is 7.89. The molecule has 0 amide bonds. The number of halogens is 2. The van der Waals surface area contributed by atoms with Crippen LogP contribution in [0.4, 0.5) is 0 Å². The van der Waals surface area contributed by atoms with Crippen molar-refractivity contribution in [1.29, 1.82) is 0 Å². The molecule has 0 aliphatic carbocycles. The van der Waals surface area contributed by atoms with Crippen molar-refractivity contribution in [2.45, 2.75) is 13.0 Å². The maximum atomic E-state index is 12.5. The van der Waals surface area contributed by atoms with Gasteiger partial charge in [-0.25, -0.2) is 8.42 Å². The molecule has 8 heteroatoms. The van der Waals surface area contributed by atoms with Gasteiger partial charge >= 0.3 is 0 Å². The molecule has 1 aromatic carbocycles. The quantitative estimate of drug-likeness (QED) is 0.780. The molecule has 1 N–H and O–H groups in total. The highest BCUT2D eigenvalue weighted by Crippen LogP contribution is 2.30. The first-order valence-electron chi connectivity index (χ1n) is 7.08. The largest absolute Gasteiger partial charge is 0.381 e. The lowest BCUT2D eigenvalue weighted by Gasteiger charge is -2.35. The Morgan fingerprint density at radius 2 is 2.14 bits per heavy atom. The van der Waals surface area contributed by atoms with E-state index in [0.29, 0.717) is 31.3 Å². The van der Waals surface area contributed by atoms with Crippen molar-refractivity contribution in [3.05, 3.63) is 34.9 Å². The molecular weight excluding hydrogens is 347 g/mol. The zero-order chi connectivity index (χ0) is 15.3. The van der Waals surface area contributed by atoms with E-state index >= 15 is 0 Å². The molecule has 1 aliphatic heterocycles. The zero-order valence-corrected chi connectivity index (χ0v) is 14.9. The van der Waals surface area contributed by atoms with E-state index < -0.39 is 10.0 Å². The summed E-state index contributed by atoms with van der Waals surface area (Å²) in [5.41, 5.74) is 0.839. The minimum absolute atomic E-state index is 0. The van der Waals surface area contributed by atoms with E-state index in [4.69, 9.17) is 16.3 Å². The van der Waals surface area contributed by atoms with Gasteiger partial charge in [-0.2, -0.15) is 4.31 Å². The Labute approximate surface area is 143 Å². The number of ether oxygens (including phenoxy) is 1. The van der Waals surface area contributed by atoms with Crippen LogP contribution >= 0.6 is 24.0 Å². The van der Waals surface area contributed by atoms with Gasteiger partial charge in [0.15, 0.2) is 0 Å². The van der Waals surface area contributed by atoms with E-state index in [0.717, 1.165) is 5.56 Å². The molecule has 1 fully saturated rings. The summed E-state index contributed by atoms with van der Waals surface area (Å²) in [6.45, 7) is 4.25. The standard InChI is InChI=1S/C14H21ClN2O3S.ClH/c1-2-20-9-10-21(18,19)17-8-7-16-11-14(17)12-5-3-4-6-13(12)15;/h3-6,14,16H,2,7-11H2,1H3;1H. The fourth-order valence-corrected chi connectivity index (χ4v) is 4.22. The summed E-state index contributed by atoms with van der Waals surface area (Å²) < 4.78 is 31.8. The Morgan fingerprint density at radius 3 is 2.82 bits per heavy atom. The van der Waals surface area contributed by atoms with Crippen LogP contribution in [0.5, 0.6) is 0 Å². The highest BCUT2D eigenvalue weighted by Gasteiger charge is 2.33. The van der Waals surface area contributed by atoms with Crippen LogP contribution in [0.3, 0.4) is 0 Å². The third-order valence-corrected chi connectivity index (χ3v) is 5.68. The van der Waals surface area contributed by atoms with Crippen molar-refractivity contribution < 1.29 is 13.2 Å². The monoisotopic (exact) mass is 368 g/mol. The molecule has 0 spiro atoms. The summed E-state index contributed by atoms with van der Waals surface area (Å²) in [4.78, 5) is 0. The van der Waals surface area contributed by atoms with Gasteiger partial charge in [0.05, 0.1) is 18.4 Å². The van der Waals surface area contributed by atoms with Gasteiger partial charge in [0.2, 0.25) is 10.0 Å². The zero-order valence-electron chi connectivity index (χ0n) is 12.5. The molecule has 5 nitrogen and oxygen atoms in total. The second-order valence-corrected chi connectivity index (χ2v) is 7.31. The molecule has 1 aliphatic rings. The fraction of sp³-hybridized carbons (Fsp3) is 0.571. The summed E-state index contributed by atoms with van der Waals surface area (Å²) in [7, 11) is -3.36. The Bertz CT molecular complexity index is 569. The Hall–Kier alpha value is -0.370. The third kappa shape index (κ3) is 4.81. The lowest BCUT2D eigenvalue weighted by molar-refractivity contribution is 0.161. The molecule has 0 bridgehead atoms. The van der Waals surface area contributed by atoms with E-state index in [1.165, 1.54) is 0 Å². The van der Waals surface area contributed by atoms with E-state index in [-0.39, 0.29) is 30.8 Å². The van der Waals surface area contributed by atoms with Crippen LogP contribution in [0, 0.1) is 0 Å². The average Bonchev–Trinajstić information content (AvgIpc) is 2.48. The highest BCUT2D eigenvalue weighted by atomic mass is 35.5. The number of sulfonamides is 1. The molecule has 0 saturated carbocycles. The Kier molecular flexibility index (Phi) is 8.10. The smallest absolute Gasteiger partial charge is 0.217 e. The van der Waals surface area contributed by atoms with Crippen molar-refractivity contribution in [2.24, 2.45) is 0 Å². The number of nitrogens with one attached hydrogen (secondary N) is 1. The number of hydrogen-bond acceptors (Lipinski definition) is 4. The third-order valence-electron chi connectivity index (χ3n) is 3.51. The maximum Gasteiger partial charge on any atom is 0.217 e. The Balaban J connectivity index is 0.00000242. The van der Waals surface area contributed by atoms with Gasteiger partial charge in [0.1, 0.15) is 0 Å². The van der Waals surface area contributed by atoms with E-state index in [9.17, 15) is 8.42 Å². The number of piperazine rings is 1. The van der Waals surface area contributed by atoms with Gasteiger partial charge < -0.3 is 10.1 Å². The van der Waals surface area contributed by atoms with E-state index in [1.807, 2.05) is 25.1 Å². The summed E-state index contributed by atoms with van der Waals surface area (Å²) in [5.74, 6) is 0.00178. The molecule has 1 unspecified atom stereocenters. The van der Waals surface area contributed by atoms with Gasteiger partial charge in [-0.15, -0.1) is 12.4 Å². The maximum absolute atomic E-state index is 12.5. The average molecular weight is 369 g/mol. The van der Waals surface area contributed by atoms with Crippen LogP contribution in [-0.2, 0) is 14.8 Å². The first-order chi connectivity index (χ1) is 10.1. The topological polar surface area (TPSA) is 58.6 Å². The first kappa shape index (κ1) is 19.7. The number of nitrogens with zero attached hydrogens (tertiary/aromatic N) is 1. The molecule has 22 heavy (non-hydrogen) atoms. The molecular formula is C14H22Cl2N2O3S. The van der Waals surface area contributed by atoms with Crippen LogP contribution < -0.4 is 5.32 Å².